The minimum atomic E-state index is -0.124. The molecule has 3 heterocycles. The Bertz CT molecular complexity index is 1410. The first kappa shape index (κ1) is 22.0. The van der Waals surface area contributed by atoms with Crippen LogP contribution in [0.25, 0.3) is 15.9 Å². The Labute approximate surface area is 201 Å². The number of rotatable bonds is 5. The lowest BCUT2D eigenvalue weighted by Gasteiger charge is -2.26. The van der Waals surface area contributed by atoms with Crippen molar-refractivity contribution in [2.24, 2.45) is 0 Å². The van der Waals surface area contributed by atoms with E-state index in [1.165, 1.54) is 0 Å². The molecular formula is C26H26N2O3S2. The topological polar surface area (TPSA) is 53.4 Å². The molecule has 170 valence electrons. The molecule has 4 aromatic rings. The van der Waals surface area contributed by atoms with Gasteiger partial charge in [-0.1, -0.05) is 43.0 Å². The molecule has 0 radical (unpaired) electrons. The number of thioether (sulfide) groups is 1. The first-order chi connectivity index (χ1) is 16.0. The lowest BCUT2D eigenvalue weighted by atomic mass is 10.1. The van der Waals surface area contributed by atoms with Gasteiger partial charge in [-0.05, 0) is 62.1 Å². The summed E-state index contributed by atoms with van der Waals surface area (Å²) < 4.78 is 13.8. The Morgan fingerprint density at radius 3 is 2.70 bits per heavy atom. The Kier molecular flexibility index (Phi) is 5.93. The molecular weight excluding hydrogens is 452 g/mol. The minimum absolute atomic E-state index is 0.00329. The molecule has 1 atom stereocenters. The van der Waals surface area contributed by atoms with Gasteiger partial charge < -0.3 is 9.47 Å². The highest BCUT2D eigenvalue weighted by Gasteiger charge is 2.24. The van der Waals surface area contributed by atoms with Crippen molar-refractivity contribution in [2.45, 2.75) is 45.4 Å². The minimum Gasteiger partial charge on any atom is -0.486 e. The van der Waals surface area contributed by atoms with Crippen molar-refractivity contribution in [1.82, 2.24) is 9.55 Å². The smallest absolute Gasteiger partial charge is 0.267 e. The SMILES string of the molecule is CCc1c(C)sc2nc(SC[C@H]3COc4ccccc4O3)n(-c3cccc(C)c3C)c(=O)c12. The largest absolute Gasteiger partial charge is 0.486 e. The number of nitrogens with zero attached hydrogens (tertiary/aromatic N) is 2. The molecule has 33 heavy (non-hydrogen) atoms. The monoisotopic (exact) mass is 478 g/mol. The van der Waals surface area contributed by atoms with Crippen molar-refractivity contribution in [3.8, 4) is 17.2 Å². The van der Waals surface area contributed by atoms with Gasteiger partial charge in [0.1, 0.15) is 17.5 Å². The van der Waals surface area contributed by atoms with Crippen molar-refractivity contribution in [3.05, 3.63) is 74.4 Å². The number of ether oxygens (including phenoxy) is 2. The van der Waals surface area contributed by atoms with Crippen molar-refractivity contribution in [3.63, 3.8) is 0 Å². The van der Waals surface area contributed by atoms with Gasteiger partial charge in [-0.2, -0.15) is 0 Å². The van der Waals surface area contributed by atoms with Gasteiger partial charge in [0.25, 0.3) is 5.56 Å². The summed E-state index contributed by atoms with van der Waals surface area (Å²) in [5.41, 5.74) is 4.22. The highest BCUT2D eigenvalue weighted by atomic mass is 32.2. The van der Waals surface area contributed by atoms with E-state index in [0.717, 1.165) is 55.4 Å². The van der Waals surface area contributed by atoms with Gasteiger partial charge in [0.15, 0.2) is 16.7 Å². The van der Waals surface area contributed by atoms with Crippen molar-refractivity contribution in [1.29, 1.82) is 0 Å². The molecule has 0 saturated heterocycles. The zero-order chi connectivity index (χ0) is 23.1. The van der Waals surface area contributed by atoms with Crippen LogP contribution in [0, 0.1) is 20.8 Å². The lowest BCUT2D eigenvalue weighted by Crippen LogP contribution is -2.31. The van der Waals surface area contributed by atoms with Crippen molar-refractivity contribution < 1.29 is 9.47 Å². The summed E-state index contributed by atoms with van der Waals surface area (Å²) in [5, 5.41) is 1.43. The predicted molar refractivity (Wildman–Crippen MR) is 136 cm³/mol. The predicted octanol–water partition coefficient (Wildman–Crippen LogP) is 5.87. The molecule has 0 spiro atoms. The summed E-state index contributed by atoms with van der Waals surface area (Å²) in [6, 6.07) is 13.8. The van der Waals surface area contributed by atoms with E-state index in [0.29, 0.717) is 17.5 Å². The molecule has 0 bridgehead atoms. The van der Waals surface area contributed by atoms with Crippen LogP contribution in [0.15, 0.2) is 52.4 Å². The second-order valence-electron chi connectivity index (χ2n) is 8.23. The molecule has 5 nitrogen and oxygen atoms in total. The Balaban J connectivity index is 1.58. The van der Waals surface area contributed by atoms with Crippen LogP contribution in [0.4, 0.5) is 0 Å². The number of thiophene rings is 1. The molecule has 0 amide bonds. The fraction of sp³-hybridized carbons (Fsp3) is 0.308. The van der Waals surface area contributed by atoms with E-state index in [1.807, 2.05) is 36.4 Å². The van der Waals surface area contributed by atoms with Crippen LogP contribution in [-0.4, -0.2) is 28.0 Å². The van der Waals surface area contributed by atoms with Gasteiger partial charge in [0, 0.05) is 10.6 Å². The molecule has 0 aliphatic carbocycles. The van der Waals surface area contributed by atoms with Gasteiger partial charge in [-0.15, -0.1) is 11.3 Å². The van der Waals surface area contributed by atoms with Gasteiger partial charge >= 0.3 is 0 Å². The number of hydrogen-bond donors (Lipinski definition) is 0. The number of benzene rings is 2. The number of hydrogen-bond acceptors (Lipinski definition) is 6. The number of para-hydroxylation sites is 2. The zero-order valence-corrected chi connectivity index (χ0v) is 20.8. The highest BCUT2D eigenvalue weighted by molar-refractivity contribution is 7.99. The summed E-state index contributed by atoms with van der Waals surface area (Å²) in [6.07, 6.45) is 0.690. The maximum atomic E-state index is 13.9. The van der Waals surface area contributed by atoms with E-state index in [1.54, 1.807) is 27.7 Å². The molecule has 1 aliphatic rings. The van der Waals surface area contributed by atoms with Crippen LogP contribution < -0.4 is 15.0 Å². The molecule has 0 N–H and O–H groups in total. The number of aryl methyl sites for hydroxylation is 3. The summed E-state index contributed by atoms with van der Waals surface area (Å²) in [4.78, 5) is 20.8. The van der Waals surface area contributed by atoms with Crippen LogP contribution in [0.3, 0.4) is 0 Å². The second kappa shape index (κ2) is 8.88. The summed E-state index contributed by atoms with van der Waals surface area (Å²) in [5.74, 6) is 2.15. The van der Waals surface area contributed by atoms with Crippen LogP contribution in [-0.2, 0) is 6.42 Å². The van der Waals surface area contributed by atoms with Crippen LogP contribution >= 0.6 is 23.1 Å². The first-order valence-corrected chi connectivity index (χ1v) is 12.9. The van der Waals surface area contributed by atoms with Gasteiger partial charge in [0.05, 0.1) is 11.1 Å². The van der Waals surface area contributed by atoms with E-state index in [9.17, 15) is 4.79 Å². The fourth-order valence-corrected chi connectivity index (χ4v) is 6.35. The zero-order valence-electron chi connectivity index (χ0n) is 19.2. The maximum Gasteiger partial charge on any atom is 0.267 e. The quantitative estimate of drug-likeness (QED) is 0.265. The molecule has 0 saturated carbocycles. The molecule has 7 heteroatoms. The van der Waals surface area contributed by atoms with E-state index in [4.69, 9.17) is 14.5 Å². The number of fused-ring (bicyclic) bond motifs is 2. The molecule has 5 rings (SSSR count). The third-order valence-electron chi connectivity index (χ3n) is 6.13. The van der Waals surface area contributed by atoms with Crippen LogP contribution in [0.2, 0.25) is 0 Å². The van der Waals surface area contributed by atoms with Gasteiger partial charge in [-0.3, -0.25) is 9.36 Å². The molecule has 0 unspecified atom stereocenters. The summed E-state index contributed by atoms with van der Waals surface area (Å²) >= 11 is 3.14. The summed E-state index contributed by atoms with van der Waals surface area (Å²) in [6.45, 7) is 8.77. The average Bonchev–Trinajstić information content (AvgIpc) is 3.15. The first-order valence-electron chi connectivity index (χ1n) is 11.1. The van der Waals surface area contributed by atoms with E-state index in [2.05, 4.69) is 33.8 Å². The van der Waals surface area contributed by atoms with E-state index < -0.39 is 0 Å². The molecule has 2 aromatic heterocycles. The highest BCUT2D eigenvalue weighted by Crippen LogP contribution is 2.34. The lowest BCUT2D eigenvalue weighted by molar-refractivity contribution is 0.107. The molecule has 1 aliphatic heterocycles. The van der Waals surface area contributed by atoms with Crippen LogP contribution in [0.5, 0.6) is 11.5 Å². The van der Waals surface area contributed by atoms with Crippen LogP contribution in [0.1, 0.15) is 28.5 Å². The normalized spacial score (nSPS) is 15.2. The molecule has 0 fully saturated rings. The van der Waals surface area contributed by atoms with Gasteiger partial charge in [0.2, 0.25) is 0 Å². The maximum absolute atomic E-state index is 13.9. The fourth-order valence-electron chi connectivity index (χ4n) is 4.22. The second-order valence-corrected chi connectivity index (χ2v) is 10.4. The third kappa shape index (κ3) is 3.93. The molecule has 2 aromatic carbocycles. The Hall–Kier alpha value is -2.77. The van der Waals surface area contributed by atoms with Crippen molar-refractivity contribution in [2.75, 3.05) is 12.4 Å². The Morgan fingerprint density at radius 1 is 1.12 bits per heavy atom. The van der Waals surface area contributed by atoms with Crippen molar-refractivity contribution >= 4 is 33.3 Å². The number of aromatic nitrogens is 2. The standard InChI is InChI=1S/C26H26N2O3S2/c1-5-19-17(4)33-24-23(19)25(29)28(20-10-8-9-15(2)16(20)3)26(27-24)32-14-18-13-30-21-11-6-7-12-22(21)31-18/h6-12,18H,5,13-14H2,1-4H3/t18-/m1/s1. The Morgan fingerprint density at radius 2 is 1.91 bits per heavy atom. The van der Waals surface area contributed by atoms with E-state index >= 15 is 0 Å². The average molecular weight is 479 g/mol. The van der Waals surface area contributed by atoms with Gasteiger partial charge in [-0.25, -0.2) is 4.98 Å². The summed E-state index contributed by atoms with van der Waals surface area (Å²) in [7, 11) is 0. The van der Waals surface area contributed by atoms with E-state index in [-0.39, 0.29) is 11.7 Å². The third-order valence-corrected chi connectivity index (χ3v) is 8.24.